The summed E-state index contributed by atoms with van der Waals surface area (Å²) in [5, 5.41) is 50.5. The zero-order valence-electron chi connectivity index (χ0n) is 14.7. The highest BCUT2D eigenvalue weighted by Gasteiger charge is 2.34. The van der Waals surface area contributed by atoms with Crippen molar-refractivity contribution >= 4 is 30.1 Å². The Morgan fingerprint density at radius 1 is 1.36 bits per heavy atom. The predicted molar refractivity (Wildman–Crippen MR) is 94.4 cm³/mol. The average Bonchev–Trinajstić information content (AvgIpc) is 3.28. The molecule has 2 amide bonds. The van der Waals surface area contributed by atoms with Crippen molar-refractivity contribution in [2.24, 2.45) is 10.1 Å². The molecular weight excluding hydrogens is 376 g/mol. The van der Waals surface area contributed by atoms with Gasteiger partial charge in [-0.2, -0.15) is 5.10 Å². The molecule has 1 aromatic rings. The zero-order valence-corrected chi connectivity index (χ0v) is 14.7. The number of imide groups is 1. The fourth-order valence-corrected chi connectivity index (χ4v) is 2.19. The number of aliphatic hydroxyl groups is 5. The van der Waals surface area contributed by atoms with Crippen LogP contribution in [0.2, 0.25) is 0 Å². The van der Waals surface area contributed by atoms with Crippen LogP contribution in [-0.2, 0) is 9.59 Å². The second kappa shape index (κ2) is 9.34. The first-order valence-electron chi connectivity index (χ1n) is 8.07. The molecule has 4 atom stereocenters. The Labute approximate surface area is 158 Å². The number of nitrogens with zero attached hydrogens (tertiary/aromatic N) is 3. The smallest absolute Gasteiger partial charge is 0.286 e. The van der Waals surface area contributed by atoms with Gasteiger partial charge < -0.3 is 29.9 Å². The number of carbonyl (C=O) groups excluding carboxylic acids is 2. The molecule has 28 heavy (non-hydrogen) atoms. The lowest BCUT2D eigenvalue weighted by molar-refractivity contribution is -0.135. The van der Waals surface area contributed by atoms with E-state index in [1.807, 2.05) is 0 Å². The van der Waals surface area contributed by atoms with Crippen molar-refractivity contribution in [1.82, 2.24) is 10.3 Å². The van der Waals surface area contributed by atoms with Gasteiger partial charge in [-0.3, -0.25) is 9.59 Å². The van der Waals surface area contributed by atoms with Gasteiger partial charge in [0.05, 0.1) is 19.1 Å². The number of rotatable bonds is 7. The number of aliphatic imine (C=N–C) groups is 1. The Balaban J connectivity index is 2.11. The number of carbonyl (C=O) groups is 2. The van der Waals surface area contributed by atoms with Gasteiger partial charge in [-0.15, -0.1) is 0 Å². The van der Waals surface area contributed by atoms with Gasteiger partial charge in [0.1, 0.15) is 35.9 Å². The molecule has 0 saturated heterocycles. The van der Waals surface area contributed by atoms with Crippen molar-refractivity contribution in [3.8, 4) is 0 Å². The molecule has 0 aromatic carbocycles. The average molecular weight is 396 g/mol. The minimum absolute atomic E-state index is 0.0927. The lowest BCUT2D eigenvalue weighted by Gasteiger charge is -2.23. The first-order valence-corrected chi connectivity index (χ1v) is 8.07. The van der Waals surface area contributed by atoms with Crippen molar-refractivity contribution in [3.63, 3.8) is 0 Å². The molecule has 0 radical (unpaired) electrons. The van der Waals surface area contributed by atoms with Crippen LogP contribution >= 0.6 is 0 Å². The molecule has 12 nitrogen and oxygen atoms in total. The van der Waals surface area contributed by atoms with E-state index in [0.29, 0.717) is 10.7 Å². The number of amides is 2. The van der Waals surface area contributed by atoms with Crippen LogP contribution in [0.4, 0.5) is 0 Å². The molecule has 0 fully saturated rings. The summed E-state index contributed by atoms with van der Waals surface area (Å²) in [7, 11) is 0. The van der Waals surface area contributed by atoms with Crippen LogP contribution in [-0.4, -0.2) is 85.4 Å². The fourth-order valence-electron chi connectivity index (χ4n) is 2.19. The summed E-state index contributed by atoms with van der Waals surface area (Å²) >= 11 is 0. The summed E-state index contributed by atoms with van der Waals surface area (Å²) in [4.78, 5) is 28.7. The summed E-state index contributed by atoms with van der Waals surface area (Å²) in [5.74, 6) is -1.26. The van der Waals surface area contributed by atoms with Gasteiger partial charge in [-0.1, -0.05) is 0 Å². The number of guanidine groups is 1. The molecule has 0 spiro atoms. The molecule has 0 saturated carbocycles. The van der Waals surface area contributed by atoms with Crippen molar-refractivity contribution in [2.75, 3.05) is 6.61 Å². The lowest BCUT2D eigenvalue weighted by Crippen LogP contribution is -2.47. The molecule has 1 aliphatic heterocycles. The standard InChI is InChI=1S/C16H20N4O8/c1-8(22)20-15(27)10(5-9-3-2-4-28-9)18-16(20)19-17-6-11(23)13(25)14(26)12(24)7-21/h2-6,11-14,21,23-26H,7H2,1H3,(H,18,19)/b10-5-,17-6+/t11-,12+,13+,14-/m0/s1. The van der Waals surface area contributed by atoms with Gasteiger partial charge in [-0.25, -0.2) is 15.3 Å². The minimum Gasteiger partial charge on any atom is -0.465 e. The van der Waals surface area contributed by atoms with E-state index >= 15 is 0 Å². The molecule has 152 valence electrons. The predicted octanol–water partition coefficient (Wildman–Crippen LogP) is -2.62. The first kappa shape index (κ1) is 21.4. The second-order valence-corrected chi connectivity index (χ2v) is 5.75. The maximum absolute atomic E-state index is 12.3. The number of hydrazone groups is 1. The third-order valence-corrected chi connectivity index (χ3v) is 3.67. The van der Waals surface area contributed by atoms with E-state index in [1.165, 1.54) is 12.3 Å². The summed E-state index contributed by atoms with van der Waals surface area (Å²) in [6.07, 6.45) is -3.59. The van der Waals surface area contributed by atoms with Gasteiger partial charge in [0.15, 0.2) is 0 Å². The Hall–Kier alpha value is -2.90. The molecule has 1 aromatic heterocycles. The van der Waals surface area contributed by atoms with E-state index in [2.05, 4.69) is 15.5 Å². The Bertz CT molecular complexity index is 789. The third-order valence-electron chi connectivity index (χ3n) is 3.67. The Kier molecular flexibility index (Phi) is 7.14. The van der Waals surface area contributed by atoms with Crippen molar-refractivity contribution in [1.29, 1.82) is 0 Å². The van der Waals surface area contributed by atoms with E-state index in [1.54, 1.807) is 12.1 Å². The van der Waals surface area contributed by atoms with Crippen LogP contribution in [0.25, 0.3) is 6.08 Å². The largest absolute Gasteiger partial charge is 0.465 e. The second-order valence-electron chi connectivity index (χ2n) is 5.75. The SMILES string of the molecule is CC(=O)N1C(=O)/C(=C/c2ccco2)N=C1N/N=C/[C@H](O)[C@@H](O)[C@@H](O)[C@H](O)CO. The van der Waals surface area contributed by atoms with Gasteiger partial charge in [-0.05, 0) is 12.1 Å². The molecule has 12 heteroatoms. The quantitative estimate of drug-likeness (QED) is 0.163. The third kappa shape index (κ3) is 4.88. The normalized spacial score (nSPS) is 20.4. The van der Waals surface area contributed by atoms with Crippen LogP contribution in [0, 0.1) is 0 Å². The fraction of sp³-hybridized carbons (Fsp3) is 0.375. The maximum atomic E-state index is 12.3. The minimum atomic E-state index is -1.85. The zero-order chi connectivity index (χ0) is 20.8. The van der Waals surface area contributed by atoms with Crippen LogP contribution in [0.1, 0.15) is 12.7 Å². The molecule has 0 aliphatic carbocycles. The maximum Gasteiger partial charge on any atom is 0.286 e. The number of hydrogen-bond donors (Lipinski definition) is 6. The molecule has 1 aliphatic rings. The molecule has 2 rings (SSSR count). The van der Waals surface area contributed by atoms with Gasteiger partial charge in [0.25, 0.3) is 5.91 Å². The van der Waals surface area contributed by atoms with Crippen LogP contribution in [0.5, 0.6) is 0 Å². The van der Waals surface area contributed by atoms with E-state index in [-0.39, 0.29) is 11.7 Å². The summed E-state index contributed by atoms with van der Waals surface area (Å²) in [6, 6.07) is 3.19. The number of aliphatic hydroxyl groups excluding tert-OH is 5. The highest BCUT2D eigenvalue weighted by atomic mass is 16.4. The monoisotopic (exact) mass is 396 g/mol. The van der Waals surface area contributed by atoms with Gasteiger partial charge in [0.2, 0.25) is 11.9 Å². The Morgan fingerprint density at radius 2 is 2.07 bits per heavy atom. The van der Waals surface area contributed by atoms with E-state index in [0.717, 1.165) is 13.1 Å². The van der Waals surface area contributed by atoms with E-state index < -0.39 is 42.8 Å². The summed E-state index contributed by atoms with van der Waals surface area (Å²) in [5.41, 5.74) is 2.20. The van der Waals surface area contributed by atoms with Crippen LogP contribution in [0.15, 0.2) is 38.6 Å². The van der Waals surface area contributed by atoms with Crippen molar-refractivity contribution in [2.45, 2.75) is 31.3 Å². The highest BCUT2D eigenvalue weighted by Crippen LogP contribution is 2.18. The first-order chi connectivity index (χ1) is 13.3. The molecular formula is C16H20N4O8. The Morgan fingerprint density at radius 3 is 2.64 bits per heavy atom. The van der Waals surface area contributed by atoms with Gasteiger partial charge >= 0.3 is 0 Å². The molecule has 6 N–H and O–H groups in total. The number of nitrogens with one attached hydrogen (secondary N) is 1. The molecule has 0 unspecified atom stereocenters. The molecule has 2 heterocycles. The van der Waals surface area contributed by atoms with Gasteiger partial charge in [0, 0.05) is 13.0 Å². The van der Waals surface area contributed by atoms with E-state index in [9.17, 15) is 30.0 Å². The highest BCUT2D eigenvalue weighted by molar-refractivity contribution is 6.22. The van der Waals surface area contributed by atoms with Crippen molar-refractivity contribution in [3.05, 3.63) is 29.9 Å². The van der Waals surface area contributed by atoms with E-state index in [4.69, 9.17) is 9.52 Å². The summed E-state index contributed by atoms with van der Waals surface area (Å²) in [6.45, 7) is 0.317. The lowest BCUT2D eigenvalue weighted by atomic mass is 10.0. The summed E-state index contributed by atoms with van der Waals surface area (Å²) < 4.78 is 5.09. The number of furan rings is 1. The van der Waals surface area contributed by atoms with Crippen LogP contribution < -0.4 is 5.43 Å². The molecule has 0 bridgehead atoms. The topological polar surface area (TPSA) is 188 Å². The van der Waals surface area contributed by atoms with Crippen molar-refractivity contribution < 1.29 is 39.5 Å². The van der Waals surface area contributed by atoms with Crippen LogP contribution in [0.3, 0.4) is 0 Å². The number of hydrogen-bond acceptors (Lipinski definition) is 11.